The predicted octanol–water partition coefficient (Wildman–Crippen LogP) is 4.00. The van der Waals surface area contributed by atoms with Crippen molar-refractivity contribution in [3.05, 3.63) is 117 Å². The first-order valence-electron chi connectivity index (χ1n) is 21.2. The number of urea groups is 1. The van der Waals surface area contributed by atoms with Crippen LogP contribution < -0.4 is 50.2 Å². The van der Waals surface area contributed by atoms with Crippen LogP contribution in [0.4, 0.5) is 29.6 Å². The molecule has 2 aromatic heterocycles. The van der Waals surface area contributed by atoms with Crippen LogP contribution in [0.2, 0.25) is 10.0 Å². The molecule has 0 spiro atoms. The number of methoxy groups -OCH3 is 2. The van der Waals surface area contributed by atoms with Gasteiger partial charge in [0.1, 0.15) is 17.1 Å². The topological polar surface area (TPSA) is 309 Å². The van der Waals surface area contributed by atoms with Crippen molar-refractivity contribution in [3.8, 4) is 6.01 Å². The van der Waals surface area contributed by atoms with E-state index in [9.17, 15) is 58.8 Å². The number of ketones is 1. The summed E-state index contributed by atoms with van der Waals surface area (Å²) in [5.41, 5.74) is -3.36. The smallest absolute Gasteiger partial charge is 0.467 e. The molecule has 2 amide bonds. The standard InChI is InChI=1S/C16H18Cl2N2O4.C14H13F3N2O4S.C14H14IN5O6S.Na/c1-4-23-14(21)12-9-16(3,15(22)24-5-2)20(19-12)13-7-6-10(17)8-11(13)18;1-7-11(13(21)19(2)18-7)12(20)9-5-4-8(14(15,16)17)6-10(9)24(3,22)23;1-7-16-12(19-14(17-7)26-3)18-13(22)20-27(23,24)10-6-8(15)4-5-9(10)11(21)25-2;/h6-8H,4-5,9H2,1-3H3;4-6,18H,1-3H3;4-6H,1-3H3,(H2,16,17,18,19,20,22);/q;;;+1/p-1. The molecule has 0 saturated heterocycles. The minimum Gasteiger partial charge on any atom is -0.467 e. The minimum atomic E-state index is -4.76. The minimum absolute atomic E-state index is 0. The van der Waals surface area contributed by atoms with Crippen LogP contribution in [-0.4, -0.2) is 116 Å². The third kappa shape index (κ3) is 15.9. The molecule has 1 unspecified atom stereocenters. The molecule has 76 heavy (non-hydrogen) atoms. The van der Waals surface area contributed by atoms with Crippen molar-refractivity contribution in [3.63, 3.8) is 0 Å². The van der Waals surface area contributed by atoms with E-state index < -0.39 is 87.8 Å². The Morgan fingerprint density at radius 2 is 1.53 bits per heavy atom. The van der Waals surface area contributed by atoms with Crippen molar-refractivity contribution in [2.75, 3.05) is 44.0 Å². The Morgan fingerprint density at radius 3 is 2.07 bits per heavy atom. The van der Waals surface area contributed by atoms with Gasteiger partial charge in [-0.15, -0.1) is 0 Å². The molecule has 1 aliphatic rings. The van der Waals surface area contributed by atoms with Gasteiger partial charge in [0.25, 0.3) is 5.56 Å². The average molecular weight is 1260 g/mol. The molecule has 32 heteroatoms. The van der Waals surface area contributed by atoms with Crippen LogP contribution in [0, 0.1) is 17.4 Å². The number of carbonyl (C=O) groups is 5. The van der Waals surface area contributed by atoms with Crippen LogP contribution >= 0.6 is 45.8 Å². The molecule has 23 nitrogen and oxygen atoms in total. The number of anilines is 2. The number of sulfone groups is 1. The molecule has 6 rings (SSSR count). The summed E-state index contributed by atoms with van der Waals surface area (Å²) < 4.78 is 111. The number of ether oxygens (including phenoxy) is 4. The number of sulfonamides is 1. The molecule has 5 aromatic rings. The monoisotopic (exact) mass is 1260 g/mol. The quantitative estimate of drug-likeness (QED) is 0.0553. The van der Waals surface area contributed by atoms with Gasteiger partial charge < -0.3 is 29.0 Å². The Hall–Kier alpha value is -5.70. The number of aromatic amines is 1. The van der Waals surface area contributed by atoms with E-state index in [0.29, 0.717) is 37.7 Å². The largest absolute Gasteiger partial charge is 1.00 e. The number of nitrogens with zero attached hydrogens (tertiary/aromatic N) is 7. The second-order valence-electron chi connectivity index (χ2n) is 15.5. The van der Waals surface area contributed by atoms with Crippen LogP contribution in [0.15, 0.2) is 74.3 Å². The van der Waals surface area contributed by atoms with Gasteiger partial charge in [-0.3, -0.25) is 24.2 Å². The molecule has 0 fully saturated rings. The summed E-state index contributed by atoms with van der Waals surface area (Å²) in [5.74, 6) is -2.90. The van der Waals surface area contributed by atoms with E-state index in [1.165, 1.54) is 51.2 Å². The number of rotatable bonds is 13. The number of carbonyl (C=O) groups excluding carboxylic acids is 5. The third-order valence-corrected chi connectivity index (χ3v) is 13.6. The van der Waals surface area contributed by atoms with Gasteiger partial charge in [0, 0.05) is 39.6 Å². The van der Waals surface area contributed by atoms with Crippen LogP contribution in [0.5, 0.6) is 6.01 Å². The second-order valence-corrected chi connectivity index (χ2v) is 21.1. The SMILES string of the molecule is CCOC(=O)C1=NN(c2ccc(Cl)cc2Cl)C(C)(C(=O)OCC)C1.COC(=O)c1ccc(I)cc1S(=O)(=O)[N-]C(=O)Nc1nc(C)nc(OC)n1.Cc1[nH]n(C)c(=O)c1C(=O)c1ccc(C(F)(F)F)cc1S(C)(=O)=O.[Na+]. The number of alkyl halides is 3. The molecule has 0 aliphatic carbocycles. The molecule has 0 bridgehead atoms. The van der Waals surface area contributed by atoms with E-state index in [1.54, 1.807) is 39.0 Å². The number of hydrogen-bond acceptors (Lipinski definition) is 19. The van der Waals surface area contributed by atoms with E-state index in [0.717, 1.165) is 17.9 Å². The number of hydrogen-bond donors (Lipinski definition) is 2. The zero-order valence-electron chi connectivity index (χ0n) is 41.7. The van der Waals surface area contributed by atoms with Crippen LogP contribution in [0.1, 0.15) is 70.6 Å². The molecule has 1 aliphatic heterocycles. The van der Waals surface area contributed by atoms with E-state index in [-0.39, 0.29) is 89.5 Å². The zero-order valence-corrected chi connectivity index (χ0v) is 49.1. The number of esters is 3. The van der Waals surface area contributed by atoms with Crippen LogP contribution in [0.3, 0.4) is 0 Å². The van der Waals surface area contributed by atoms with Gasteiger partial charge in [0.15, 0.2) is 27.4 Å². The van der Waals surface area contributed by atoms with Gasteiger partial charge in [0.2, 0.25) is 15.8 Å². The van der Waals surface area contributed by atoms with Crippen LogP contribution in [-0.2, 0) is 56.9 Å². The molecule has 3 heterocycles. The summed E-state index contributed by atoms with van der Waals surface area (Å²) in [6.07, 6.45) is -4.01. The van der Waals surface area contributed by atoms with Crippen molar-refractivity contribution in [1.82, 2.24) is 24.7 Å². The Labute approximate surface area is 478 Å². The molecule has 3 aromatic carbocycles. The molecule has 404 valence electrons. The Morgan fingerprint density at radius 1 is 0.895 bits per heavy atom. The summed E-state index contributed by atoms with van der Waals surface area (Å²) in [7, 11) is -4.85. The van der Waals surface area contributed by atoms with Gasteiger partial charge in [0.05, 0.1) is 59.1 Å². The Bertz CT molecular complexity index is 3390. The molecular weight excluding hydrogens is 1220 g/mol. The Kier molecular flexibility index (Phi) is 22.6. The van der Waals surface area contributed by atoms with Crippen molar-refractivity contribution >= 4 is 113 Å². The first-order chi connectivity index (χ1) is 34.8. The molecular formula is C44H44Cl2F3IN9NaO14S2. The molecule has 0 saturated carbocycles. The number of H-pyrrole nitrogens is 1. The summed E-state index contributed by atoms with van der Waals surface area (Å²) >= 11 is 14.0. The van der Waals surface area contributed by atoms with E-state index >= 15 is 0 Å². The van der Waals surface area contributed by atoms with Crippen LogP contribution in [0.25, 0.3) is 4.72 Å². The average Bonchev–Trinajstić information content (AvgIpc) is 3.81. The fourth-order valence-corrected chi connectivity index (χ4v) is 9.72. The van der Waals surface area contributed by atoms with Crippen molar-refractivity contribution in [2.24, 2.45) is 12.1 Å². The maximum atomic E-state index is 12.8. The van der Waals surface area contributed by atoms with Crippen molar-refractivity contribution in [2.45, 2.75) is 62.5 Å². The van der Waals surface area contributed by atoms with E-state index in [2.05, 4.69) is 39.9 Å². The molecule has 2 N–H and O–H groups in total. The number of aryl methyl sites for hydroxylation is 3. The normalized spacial score (nSPS) is 14.0. The number of benzene rings is 3. The summed E-state index contributed by atoms with van der Waals surface area (Å²) in [5, 5.41) is 11.1. The second kappa shape index (κ2) is 26.6. The van der Waals surface area contributed by atoms with Gasteiger partial charge in [-0.25, -0.2) is 41.2 Å². The number of halogens is 6. The number of nitrogens with one attached hydrogen (secondary N) is 2. The molecule has 1 atom stereocenters. The number of amides is 2. The summed E-state index contributed by atoms with van der Waals surface area (Å²) in [6.45, 7) is 8.45. The maximum absolute atomic E-state index is 12.8. The van der Waals surface area contributed by atoms with Gasteiger partial charge in [-0.2, -0.15) is 28.2 Å². The fourth-order valence-electron chi connectivity index (χ4n) is 6.56. The third-order valence-electron chi connectivity index (χ3n) is 9.93. The molecule has 0 radical (unpaired) electrons. The first kappa shape index (κ1) is 64.6. The van der Waals surface area contributed by atoms with Crippen molar-refractivity contribution in [1.29, 1.82) is 0 Å². The summed E-state index contributed by atoms with van der Waals surface area (Å²) in [4.78, 5) is 83.1. The fraction of sp³-hybridized carbons (Fsp3) is 0.318. The predicted molar refractivity (Wildman–Crippen MR) is 273 cm³/mol. The maximum Gasteiger partial charge on any atom is 1.00 e. The van der Waals surface area contributed by atoms with E-state index in [1.807, 2.05) is 22.6 Å². The van der Waals surface area contributed by atoms with Crippen molar-refractivity contribution < 1.29 is 102 Å². The Balaban J connectivity index is 0.000000299. The van der Waals surface area contributed by atoms with Gasteiger partial charge in [-0.05, 0) is 112 Å². The zero-order chi connectivity index (χ0) is 56.5. The number of hydrazone groups is 1. The van der Waals surface area contributed by atoms with E-state index in [4.69, 9.17) is 37.4 Å². The van der Waals surface area contributed by atoms with Gasteiger partial charge >= 0.3 is 59.7 Å². The van der Waals surface area contributed by atoms with Gasteiger partial charge in [-0.1, -0.05) is 23.2 Å². The first-order valence-corrected chi connectivity index (χ1v) is 26.3. The number of aromatic nitrogens is 5. The summed E-state index contributed by atoms with van der Waals surface area (Å²) in [6, 6.07) is 9.27.